The molecule has 3 rings (SSSR count). The largest absolute Gasteiger partial charge is 0.370 e. The van der Waals surface area contributed by atoms with Gasteiger partial charge in [-0.15, -0.1) is 11.3 Å². The van der Waals surface area contributed by atoms with Gasteiger partial charge in [-0.3, -0.25) is 14.6 Å². The summed E-state index contributed by atoms with van der Waals surface area (Å²) in [6.45, 7) is 1.98. The van der Waals surface area contributed by atoms with Gasteiger partial charge in [-0.05, 0) is 44.4 Å². The Morgan fingerprint density at radius 3 is 2.89 bits per heavy atom. The maximum absolute atomic E-state index is 13.1. The van der Waals surface area contributed by atoms with Crippen LogP contribution in [0.25, 0.3) is 10.2 Å². The first-order chi connectivity index (χ1) is 13.5. The van der Waals surface area contributed by atoms with Crippen LogP contribution < -0.4 is 22.1 Å². The molecule has 0 radical (unpaired) electrons. The quantitative estimate of drug-likeness (QED) is 0.225. The number of thiazole rings is 1. The van der Waals surface area contributed by atoms with Crippen molar-refractivity contribution in [2.24, 2.45) is 22.4 Å². The molecule has 1 saturated heterocycles. The lowest BCUT2D eigenvalue weighted by atomic mass is 9.97. The monoisotopic (exact) mass is 402 g/mol. The third-order valence-electron chi connectivity index (χ3n) is 4.75. The number of benzene rings is 1. The second-order valence-corrected chi connectivity index (χ2v) is 7.93. The lowest BCUT2D eigenvalue weighted by Crippen LogP contribution is -2.47. The van der Waals surface area contributed by atoms with E-state index in [4.69, 9.17) is 11.5 Å². The third-order valence-corrected chi connectivity index (χ3v) is 5.80. The second-order valence-electron chi connectivity index (χ2n) is 6.90. The lowest BCUT2D eigenvalue weighted by molar-refractivity contribution is -0.126. The van der Waals surface area contributed by atoms with Crippen LogP contribution in [0.1, 0.15) is 35.5 Å². The van der Waals surface area contributed by atoms with Gasteiger partial charge in [0.25, 0.3) is 0 Å². The van der Waals surface area contributed by atoms with Gasteiger partial charge in [-0.25, -0.2) is 4.98 Å². The molecule has 0 aliphatic carbocycles. The second kappa shape index (κ2) is 9.61. The fourth-order valence-corrected chi connectivity index (χ4v) is 4.22. The van der Waals surface area contributed by atoms with Gasteiger partial charge in [0.2, 0.25) is 11.7 Å². The van der Waals surface area contributed by atoms with E-state index in [-0.39, 0.29) is 23.6 Å². The molecule has 0 bridgehead atoms. The first-order valence-corrected chi connectivity index (χ1v) is 10.3. The molecule has 8 nitrogen and oxygen atoms in total. The van der Waals surface area contributed by atoms with E-state index < -0.39 is 6.04 Å². The summed E-state index contributed by atoms with van der Waals surface area (Å²) in [4.78, 5) is 34.2. The highest BCUT2D eigenvalue weighted by molar-refractivity contribution is 7.20. The van der Waals surface area contributed by atoms with Crippen LogP contribution in [0, 0.1) is 5.92 Å². The molecule has 1 aromatic carbocycles. The van der Waals surface area contributed by atoms with Crippen LogP contribution in [0.3, 0.4) is 0 Å². The number of ketones is 1. The van der Waals surface area contributed by atoms with E-state index in [0.717, 1.165) is 29.6 Å². The predicted molar refractivity (Wildman–Crippen MR) is 111 cm³/mol. The van der Waals surface area contributed by atoms with Gasteiger partial charge >= 0.3 is 0 Å². The van der Waals surface area contributed by atoms with E-state index in [1.165, 1.54) is 11.3 Å². The summed E-state index contributed by atoms with van der Waals surface area (Å²) < 4.78 is 0.952. The molecule has 1 aromatic heterocycles. The normalized spacial score (nSPS) is 17.8. The highest BCUT2D eigenvalue weighted by Gasteiger charge is 2.28. The zero-order valence-electron chi connectivity index (χ0n) is 15.7. The number of nitrogens with one attached hydrogen (secondary N) is 2. The van der Waals surface area contributed by atoms with Crippen LogP contribution in [0.15, 0.2) is 29.3 Å². The molecule has 2 aromatic rings. The molecule has 1 aliphatic heterocycles. The number of nitrogens with zero attached hydrogens (tertiary/aromatic N) is 2. The number of hydrogen-bond acceptors (Lipinski definition) is 6. The van der Waals surface area contributed by atoms with E-state index in [1.54, 1.807) is 0 Å². The Morgan fingerprint density at radius 1 is 1.36 bits per heavy atom. The van der Waals surface area contributed by atoms with Gasteiger partial charge in [0.15, 0.2) is 11.0 Å². The van der Waals surface area contributed by atoms with Crippen molar-refractivity contribution in [2.45, 2.75) is 31.7 Å². The average Bonchev–Trinajstić information content (AvgIpc) is 3.14. The number of amides is 1. The minimum atomic E-state index is -0.635. The third kappa shape index (κ3) is 5.26. The number of carbonyl (C=O) groups excluding carboxylic acids is 2. The van der Waals surface area contributed by atoms with Crippen LogP contribution in [0.2, 0.25) is 0 Å². The Balaban J connectivity index is 1.72. The average molecular weight is 403 g/mol. The summed E-state index contributed by atoms with van der Waals surface area (Å²) in [5.41, 5.74) is 11.5. The lowest BCUT2D eigenvalue weighted by Gasteiger charge is -2.24. The molecule has 9 heteroatoms. The summed E-state index contributed by atoms with van der Waals surface area (Å²) in [5.74, 6) is -0.347. The maximum atomic E-state index is 13.1. The van der Waals surface area contributed by atoms with Crippen LogP contribution in [-0.4, -0.2) is 48.3 Å². The molecular formula is C19H26N6O2S. The standard InChI is InChI=1S/C19H26N6O2S/c20-19(21)23-10-4-7-14(24-17(27)12-5-3-9-22-11-12)16(26)18-25-13-6-1-2-8-15(13)28-18/h1-2,6,8,12,14,22H,3-5,7,9-11H2,(H,24,27)(H4,20,21,23)/t12-,14?/m1/s1. The van der Waals surface area contributed by atoms with Crippen molar-refractivity contribution in [3.8, 4) is 0 Å². The van der Waals surface area contributed by atoms with Crippen LogP contribution >= 0.6 is 11.3 Å². The first-order valence-electron chi connectivity index (χ1n) is 9.51. The summed E-state index contributed by atoms with van der Waals surface area (Å²) >= 11 is 1.35. The van der Waals surface area contributed by atoms with Gasteiger partial charge in [0.05, 0.1) is 22.2 Å². The van der Waals surface area contributed by atoms with Crippen molar-refractivity contribution >= 4 is 39.2 Å². The zero-order chi connectivity index (χ0) is 19.9. The summed E-state index contributed by atoms with van der Waals surface area (Å²) in [6.07, 6.45) is 2.83. The van der Waals surface area contributed by atoms with E-state index in [0.29, 0.717) is 30.9 Å². The van der Waals surface area contributed by atoms with Crippen molar-refractivity contribution < 1.29 is 9.59 Å². The molecular weight excluding hydrogens is 376 g/mol. The number of para-hydroxylation sites is 1. The fraction of sp³-hybridized carbons (Fsp3) is 0.474. The minimum Gasteiger partial charge on any atom is -0.370 e. The number of guanidine groups is 1. The van der Waals surface area contributed by atoms with E-state index in [1.807, 2.05) is 24.3 Å². The molecule has 1 unspecified atom stereocenters. The number of fused-ring (bicyclic) bond motifs is 1. The number of aliphatic imine (C=N–C) groups is 1. The van der Waals surface area contributed by atoms with Gasteiger partial charge in [0, 0.05) is 13.1 Å². The molecule has 1 amide bonds. The molecule has 0 spiro atoms. The number of piperidine rings is 1. The fourth-order valence-electron chi connectivity index (χ4n) is 3.26. The van der Waals surface area contributed by atoms with Crippen LogP contribution in [0.4, 0.5) is 0 Å². The number of Topliss-reactive ketones (excluding diaryl/α,β-unsaturated/α-hetero) is 1. The highest BCUT2D eigenvalue weighted by Crippen LogP contribution is 2.23. The molecule has 2 atom stereocenters. The van der Waals surface area contributed by atoms with E-state index in [9.17, 15) is 9.59 Å². The summed E-state index contributed by atoms with van der Waals surface area (Å²) in [6, 6.07) is 6.98. The number of carbonyl (C=O) groups is 2. The molecule has 150 valence electrons. The van der Waals surface area contributed by atoms with Gasteiger partial charge in [0.1, 0.15) is 0 Å². The zero-order valence-corrected chi connectivity index (χ0v) is 16.5. The number of rotatable bonds is 8. The van der Waals surface area contributed by atoms with Gasteiger partial charge in [-0.2, -0.15) is 0 Å². The molecule has 2 heterocycles. The van der Waals surface area contributed by atoms with E-state index in [2.05, 4.69) is 20.6 Å². The topological polar surface area (TPSA) is 135 Å². The summed E-state index contributed by atoms with van der Waals surface area (Å²) in [5, 5.41) is 6.59. The SMILES string of the molecule is NC(N)=NCCCC(NC(=O)[C@@H]1CCCNC1)C(=O)c1nc2ccccc2s1. The Labute approximate surface area is 167 Å². The Hall–Kier alpha value is -2.52. The van der Waals surface area contributed by atoms with Crippen molar-refractivity contribution in [1.29, 1.82) is 0 Å². The van der Waals surface area contributed by atoms with Gasteiger partial charge < -0.3 is 22.1 Å². The van der Waals surface area contributed by atoms with Crippen molar-refractivity contribution in [3.63, 3.8) is 0 Å². The Bertz CT molecular complexity index is 822. The van der Waals surface area contributed by atoms with Gasteiger partial charge in [-0.1, -0.05) is 12.1 Å². The van der Waals surface area contributed by atoms with Crippen molar-refractivity contribution in [3.05, 3.63) is 29.3 Å². The molecule has 28 heavy (non-hydrogen) atoms. The maximum Gasteiger partial charge on any atom is 0.224 e. The molecule has 0 saturated carbocycles. The summed E-state index contributed by atoms with van der Waals surface area (Å²) in [7, 11) is 0. The highest BCUT2D eigenvalue weighted by atomic mass is 32.1. The molecule has 6 N–H and O–H groups in total. The minimum absolute atomic E-state index is 0.0198. The van der Waals surface area contributed by atoms with Crippen molar-refractivity contribution in [2.75, 3.05) is 19.6 Å². The van der Waals surface area contributed by atoms with Crippen LogP contribution in [0.5, 0.6) is 0 Å². The van der Waals surface area contributed by atoms with Crippen LogP contribution in [-0.2, 0) is 4.79 Å². The number of hydrogen-bond donors (Lipinski definition) is 4. The number of nitrogens with two attached hydrogens (primary N) is 2. The number of aromatic nitrogens is 1. The van der Waals surface area contributed by atoms with E-state index >= 15 is 0 Å². The first kappa shape index (κ1) is 20.2. The Kier molecular flexibility index (Phi) is 6.94. The smallest absolute Gasteiger partial charge is 0.224 e. The predicted octanol–water partition coefficient (Wildman–Crippen LogP) is 1.02. The molecule has 1 aliphatic rings. The molecule has 1 fully saturated rings. The van der Waals surface area contributed by atoms with Crippen molar-refractivity contribution in [1.82, 2.24) is 15.6 Å². The Morgan fingerprint density at radius 2 is 2.18 bits per heavy atom.